The first-order valence-electron chi connectivity index (χ1n) is 6.55. The molecular weight excluding hydrogens is 210 g/mol. The average Bonchev–Trinajstić information content (AvgIpc) is 2.28. The monoisotopic (exact) mass is 235 g/mol. The van der Waals surface area contributed by atoms with Gasteiger partial charge in [-0.3, -0.25) is 0 Å². The molecule has 0 spiro atoms. The third kappa shape index (κ3) is 4.78. The zero-order chi connectivity index (χ0) is 12.8. The number of hydrogen-bond acceptors (Lipinski definition) is 2. The maximum Gasteiger partial charge on any atom is 0.119 e. The molecular formula is C15H25NO. The van der Waals surface area contributed by atoms with Gasteiger partial charge in [-0.1, -0.05) is 19.1 Å². The van der Waals surface area contributed by atoms with Crippen LogP contribution >= 0.6 is 0 Å². The van der Waals surface area contributed by atoms with Crippen molar-refractivity contribution >= 4 is 0 Å². The van der Waals surface area contributed by atoms with Crippen molar-refractivity contribution in [1.29, 1.82) is 0 Å². The molecule has 1 aromatic carbocycles. The quantitative estimate of drug-likeness (QED) is 0.807. The van der Waals surface area contributed by atoms with Crippen molar-refractivity contribution in [2.45, 2.75) is 59.2 Å². The zero-order valence-electron chi connectivity index (χ0n) is 11.7. The Bertz CT molecular complexity index is 318. The molecule has 0 heterocycles. The van der Waals surface area contributed by atoms with Crippen LogP contribution < -0.4 is 10.1 Å². The first kappa shape index (κ1) is 14.0. The van der Waals surface area contributed by atoms with E-state index in [9.17, 15) is 0 Å². The smallest absolute Gasteiger partial charge is 0.119 e. The predicted octanol–water partition coefficient (Wildman–Crippen LogP) is 3.92. The Kier molecular flexibility index (Phi) is 5.49. The van der Waals surface area contributed by atoms with Gasteiger partial charge in [0, 0.05) is 12.1 Å². The summed E-state index contributed by atoms with van der Waals surface area (Å²) in [5, 5.41) is 3.57. The Hall–Kier alpha value is -1.02. The second-order valence-electron chi connectivity index (χ2n) is 4.93. The van der Waals surface area contributed by atoms with Crippen molar-refractivity contribution in [2.75, 3.05) is 0 Å². The first-order chi connectivity index (χ1) is 8.02. The van der Waals surface area contributed by atoms with E-state index in [4.69, 9.17) is 4.74 Å². The molecule has 0 aliphatic heterocycles. The van der Waals surface area contributed by atoms with Crippen molar-refractivity contribution in [2.24, 2.45) is 0 Å². The van der Waals surface area contributed by atoms with Crippen LogP contribution in [0.25, 0.3) is 0 Å². The summed E-state index contributed by atoms with van der Waals surface area (Å²) >= 11 is 0. The van der Waals surface area contributed by atoms with Gasteiger partial charge in [0.15, 0.2) is 0 Å². The molecule has 0 aromatic heterocycles. The van der Waals surface area contributed by atoms with E-state index in [0.29, 0.717) is 12.1 Å². The number of ether oxygens (including phenoxy) is 1. The molecule has 0 saturated heterocycles. The highest BCUT2D eigenvalue weighted by molar-refractivity contribution is 5.29. The molecule has 2 atom stereocenters. The van der Waals surface area contributed by atoms with Crippen LogP contribution in [-0.2, 0) is 0 Å². The fourth-order valence-electron chi connectivity index (χ4n) is 1.75. The van der Waals surface area contributed by atoms with Crippen LogP contribution in [0.4, 0.5) is 0 Å². The number of nitrogens with one attached hydrogen (secondary N) is 1. The van der Waals surface area contributed by atoms with Crippen LogP contribution in [0.15, 0.2) is 24.3 Å². The standard InChI is InChI=1S/C15H25NO/c1-6-12(4)16-13(5)14-7-9-15(10-8-14)17-11(2)3/h7-13,16H,6H2,1-5H3. The van der Waals surface area contributed by atoms with Crippen molar-refractivity contribution in [3.63, 3.8) is 0 Å². The van der Waals surface area contributed by atoms with E-state index in [1.165, 1.54) is 5.56 Å². The van der Waals surface area contributed by atoms with Crippen LogP contribution in [0, 0.1) is 0 Å². The van der Waals surface area contributed by atoms with E-state index >= 15 is 0 Å². The normalized spacial score (nSPS) is 14.7. The number of rotatable bonds is 6. The number of benzene rings is 1. The lowest BCUT2D eigenvalue weighted by atomic mass is 10.1. The molecule has 2 nitrogen and oxygen atoms in total. The highest BCUT2D eigenvalue weighted by Gasteiger charge is 2.08. The summed E-state index contributed by atoms with van der Waals surface area (Å²) < 4.78 is 5.63. The predicted molar refractivity (Wildman–Crippen MR) is 73.5 cm³/mol. The van der Waals surface area contributed by atoms with Gasteiger partial charge in [-0.2, -0.15) is 0 Å². The van der Waals surface area contributed by atoms with E-state index in [1.807, 2.05) is 26.0 Å². The molecule has 0 amide bonds. The molecule has 0 bridgehead atoms. The van der Waals surface area contributed by atoms with Crippen LogP contribution in [0.5, 0.6) is 5.75 Å². The van der Waals surface area contributed by atoms with E-state index in [1.54, 1.807) is 0 Å². The molecule has 1 rings (SSSR count). The Morgan fingerprint density at radius 1 is 1.06 bits per heavy atom. The molecule has 2 unspecified atom stereocenters. The van der Waals surface area contributed by atoms with Crippen LogP contribution in [0.2, 0.25) is 0 Å². The fraction of sp³-hybridized carbons (Fsp3) is 0.600. The minimum atomic E-state index is 0.233. The summed E-state index contributed by atoms with van der Waals surface area (Å²) in [5.41, 5.74) is 1.31. The maximum absolute atomic E-state index is 5.63. The highest BCUT2D eigenvalue weighted by Crippen LogP contribution is 2.19. The highest BCUT2D eigenvalue weighted by atomic mass is 16.5. The minimum Gasteiger partial charge on any atom is -0.491 e. The molecule has 17 heavy (non-hydrogen) atoms. The Labute approximate surface area is 105 Å². The summed E-state index contributed by atoms with van der Waals surface area (Å²) in [7, 11) is 0. The van der Waals surface area contributed by atoms with Gasteiger partial charge in [0.1, 0.15) is 5.75 Å². The summed E-state index contributed by atoms with van der Waals surface area (Å²) in [6, 6.07) is 9.30. The summed E-state index contributed by atoms with van der Waals surface area (Å²) in [4.78, 5) is 0. The van der Waals surface area contributed by atoms with Crippen LogP contribution in [-0.4, -0.2) is 12.1 Å². The van der Waals surface area contributed by atoms with Gasteiger partial charge >= 0.3 is 0 Å². The van der Waals surface area contributed by atoms with Crippen molar-refractivity contribution in [3.8, 4) is 5.75 Å². The van der Waals surface area contributed by atoms with Crippen LogP contribution in [0.1, 0.15) is 52.6 Å². The lowest BCUT2D eigenvalue weighted by molar-refractivity contribution is 0.242. The first-order valence-corrected chi connectivity index (χ1v) is 6.55. The van der Waals surface area contributed by atoms with Gasteiger partial charge in [0.25, 0.3) is 0 Å². The van der Waals surface area contributed by atoms with E-state index < -0.39 is 0 Å². The zero-order valence-corrected chi connectivity index (χ0v) is 11.7. The topological polar surface area (TPSA) is 21.3 Å². The van der Waals surface area contributed by atoms with Gasteiger partial charge in [0.2, 0.25) is 0 Å². The Balaban J connectivity index is 2.60. The largest absolute Gasteiger partial charge is 0.491 e. The lowest BCUT2D eigenvalue weighted by Crippen LogP contribution is -2.28. The van der Waals surface area contributed by atoms with Gasteiger partial charge < -0.3 is 10.1 Å². The van der Waals surface area contributed by atoms with Gasteiger partial charge in [-0.15, -0.1) is 0 Å². The van der Waals surface area contributed by atoms with Crippen molar-refractivity contribution < 1.29 is 4.74 Å². The fourth-order valence-corrected chi connectivity index (χ4v) is 1.75. The molecule has 0 aliphatic rings. The second-order valence-corrected chi connectivity index (χ2v) is 4.93. The minimum absolute atomic E-state index is 0.233. The Morgan fingerprint density at radius 3 is 2.12 bits per heavy atom. The molecule has 1 aromatic rings. The molecule has 0 radical (unpaired) electrons. The molecule has 2 heteroatoms. The van der Waals surface area contributed by atoms with Crippen molar-refractivity contribution in [1.82, 2.24) is 5.32 Å². The van der Waals surface area contributed by atoms with E-state index in [0.717, 1.165) is 12.2 Å². The van der Waals surface area contributed by atoms with Crippen molar-refractivity contribution in [3.05, 3.63) is 29.8 Å². The second kappa shape index (κ2) is 6.65. The summed E-state index contributed by atoms with van der Waals surface area (Å²) in [6.45, 7) is 10.7. The summed E-state index contributed by atoms with van der Waals surface area (Å²) in [6.07, 6.45) is 1.38. The maximum atomic E-state index is 5.63. The summed E-state index contributed by atoms with van der Waals surface area (Å²) in [5.74, 6) is 0.944. The molecule has 96 valence electrons. The molecule has 1 N–H and O–H groups in total. The molecule has 0 fully saturated rings. The third-order valence-corrected chi connectivity index (χ3v) is 2.90. The van der Waals surface area contributed by atoms with E-state index in [-0.39, 0.29) is 6.10 Å². The third-order valence-electron chi connectivity index (χ3n) is 2.90. The SMILES string of the molecule is CCC(C)NC(C)c1ccc(OC(C)C)cc1. The van der Waals surface area contributed by atoms with Gasteiger partial charge in [0.05, 0.1) is 6.10 Å². The van der Waals surface area contributed by atoms with Crippen LogP contribution in [0.3, 0.4) is 0 Å². The molecule has 0 saturated carbocycles. The lowest BCUT2D eigenvalue weighted by Gasteiger charge is -2.19. The molecule has 0 aliphatic carbocycles. The van der Waals surface area contributed by atoms with E-state index in [2.05, 4.69) is 38.2 Å². The van der Waals surface area contributed by atoms with Gasteiger partial charge in [-0.05, 0) is 51.8 Å². The average molecular weight is 235 g/mol. The Morgan fingerprint density at radius 2 is 1.65 bits per heavy atom. The van der Waals surface area contributed by atoms with Gasteiger partial charge in [-0.25, -0.2) is 0 Å². The number of hydrogen-bond donors (Lipinski definition) is 1.